The third kappa shape index (κ3) is 3.85. The van der Waals surface area contributed by atoms with Gasteiger partial charge in [-0.3, -0.25) is 0 Å². The molecule has 2 N–H and O–H groups in total. The molecule has 1 aromatic rings. The molecule has 0 saturated carbocycles. The van der Waals surface area contributed by atoms with E-state index in [0.717, 1.165) is 0 Å². The van der Waals surface area contributed by atoms with Gasteiger partial charge in [-0.2, -0.15) is 5.26 Å². The van der Waals surface area contributed by atoms with Gasteiger partial charge in [-0.15, -0.1) is 0 Å². The van der Waals surface area contributed by atoms with Crippen molar-refractivity contribution in [1.82, 2.24) is 4.98 Å². The molecule has 5 nitrogen and oxygen atoms in total. The van der Waals surface area contributed by atoms with Crippen molar-refractivity contribution in [3.05, 3.63) is 23.9 Å². The highest BCUT2D eigenvalue weighted by atomic mass is 16.5. The SMILES string of the molecule is COCC(CCO)Nc1cc(C#N)ccn1. The molecule has 1 heterocycles. The molecule has 1 rings (SSSR count). The first-order valence-corrected chi connectivity index (χ1v) is 5.02. The fourth-order valence-electron chi connectivity index (χ4n) is 1.34. The number of methoxy groups -OCH3 is 1. The van der Waals surface area contributed by atoms with Crippen LogP contribution in [0, 0.1) is 11.3 Å². The largest absolute Gasteiger partial charge is 0.396 e. The molecule has 16 heavy (non-hydrogen) atoms. The Morgan fingerprint density at radius 1 is 1.69 bits per heavy atom. The normalized spacial score (nSPS) is 11.8. The van der Waals surface area contributed by atoms with Crippen molar-refractivity contribution in [3.8, 4) is 6.07 Å². The van der Waals surface area contributed by atoms with Crippen LogP contribution in [0.3, 0.4) is 0 Å². The number of nitrogens with one attached hydrogen (secondary N) is 1. The number of pyridine rings is 1. The Kier molecular flexibility index (Phi) is 5.26. The maximum Gasteiger partial charge on any atom is 0.127 e. The van der Waals surface area contributed by atoms with Crippen molar-refractivity contribution < 1.29 is 9.84 Å². The highest BCUT2D eigenvalue weighted by molar-refractivity contribution is 5.43. The minimum atomic E-state index is -0.00329. The van der Waals surface area contributed by atoms with Crippen LogP contribution in [-0.2, 0) is 4.74 Å². The number of hydrogen-bond acceptors (Lipinski definition) is 5. The predicted octanol–water partition coefficient (Wildman–Crippen LogP) is 0.763. The van der Waals surface area contributed by atoms with E-state index in [1.165, 1.54) is 0 Å². The summed E-state index contributed by atoms with van der Waals surface area (Å²) in [6.45, 7) is 0.567. The molecule has 0 aliphatic carbocycles. The van der Waals surface area contributed by atoms with E-state index in [2.05, 4.69) is 10.3 Å². The van der Waals surface area contributed by atoms with Crippen LogP contribution >= 0.6 is 0 Å². The quantitative estimate of drug-likeness (QED) is 0.741. The van der Waals surface area contributed by atoms with Gasteiger partial charge in [0.05, 0.1) is 24.3 Å². The predicted molar refractivity (Wildman–Crippen MR) is 59.9 cm³/mol. The minimum absolute atomic E-state index is 0.00329. The van der Waals surface area contributed by atoms with Gasteiger partial charge in [-0.1, -0.05) is 0 Å². The maximum atomic E-state index is 8.87. The molecule has 0 fully saturated rings. The summed E-state index contributed by atoms with van der Waals surface area (Å²) in [4.78, 5) is 4.09. The number of nitrogens with zero attached hydrogens (tertiary/aromatic N) is 2. The summed E-state index contributed by atoms with van der Waals surface area (Å²) in [6, 6.07) is 5.35. The summed E-state index contributed by atoms with van der Waals surface area (Å²) in [6.07, 6.45) is 2.15. The van der Waals surface area contributed by atoms with Crippen molar-refractivity contribution in [2.45, 2.75) is 12.5 Å². The van der Waals surface area contributed by atoms with Gasteiger partial charge in [-0.25, -0.2) is 4.98 Å². The Morgan fingerprint density at radius 3 is 3.12 bits per heavy atom. The minimum Gasteiger partial charge on any atom is -0.396 e. The van der Waals surface area contributed by atoms with Crippen molar-refractivity contribution in [2.75, 3.05) is 25.6 Å². The van der Waals surface area contributed by atoms with Crippen molar-refractivity contribution in [1.29, 1.82) is 5.26 Å². The van der Waals surface area contributed by atoms with Crippen LogP contribution in [0.15, 0.2) is 18.3 Å². The first kappa shape index (κ1) is 12.4. The average molecular weight is 221 g/mol. The van der Waals surface area contributed by atoms with Gasteiger partial charge in [0, 0.05) is 19.9 Å². The lowest BCUT2D eigenvalue weighted by Crippen LogP contribution is -2.26. The van der Waals surface area contributed by atoms with Gasteiger partial charge in [0.15, 0.2) is 0 Å². The third-order valence-corrected chi connectivity index (χ3v) is 2.09. The van der Waals surface area contributed by atoms with Crippen LogP contribution < -0.4 is 5.32 Å². The van der Waals surface area contributed by atoms with Crippen LogP contribution in [0.5, 0.6) is 0 Å². The van der Waals surface area contributed by atoms with E-state index in [0.29, 0.717) is 24.4 Å². The van der Waals surface area contributed by atoms with Gasteiger partial charge in [0.25, 0.3) is 0 Å². The van der Waals surface area contributed by atoms with E-state index in [9.17, 15) is 0 Å². The summed E-state index contributed by atoms with van der Waals surface area (Å²) in [5.74, 6) is 0.620. The van der Waals surface area contributed by atoms with Crippen LogP contribution in [0.1, 0.15) is 12.0 Å². The van der Waals surface area contributed by atoms with Crippen molar-refractivity contribution in [2.24, 2.45) is 0 Å². The van der Waals surface area contributed by atoms with Gasteiger partial charge >= 0.3 is 0 Å². The van der Waals surface area contributed by atoms with Crippen LogP contribution in [0.4, 0.5) is 5.82 Å². The smallest absolute Gasteiger partial charge is 0.127 e. The standard InChI is InChI=1S/C11H15N3O2/c1-16-8-10(3-5-15)14-11-6-9(7-12)2-4-13-11/h2,4,6,10,15H,3,5,8H2,1H3,(H,13,14). The lowest BCUT2D eigenvalue weighted by Gasteiger charge is -2.17. The van der Waals surface area contributed by atoms with E-state index < -0.39 is 0 Å². The van der Waals surface area contributed by atoms with Crippen molar-refractivity contribution >= 4 is 5.82 Å². The Hall–Kier alpha value is -1.64. The number of aliphatic hydroxyl groups is 1. The summed E-state index contributed by atoms with van der Waals surface area (Å²) >= 11 is 0. The molecule has 0 aromatic carbocycles. The molecule has 0 aliphatic heterocycles. The monoisotopic (exact) mass is 221 g/mol. The molecule has 1 aromatic heterocycles. The van der Waals surface area contributed by atoms with Gasteiger partial charge < -0.3 is 15.2 Å². The maximum absolute atomic E-state index is 8.87. The van der Waals surface area contributed by atoms with Crippen LogP contribution in [0.25, 0.3) is 0 Å². The zero-order valence-electron chi connectivity index (χ0n) is 9.18. The molecule has 1 unspecified atom stereocenters. The first-order chi connectivity index (χ1) is 7.80. The van der Waals surface area contributed by atoms with Gasteiger partial charge in [0.2, 0.25) is 0 Å². The fraction of sp³-hybridized carbons (Fsp3) is 0.455. The highest BCUT2D eigenvalue weighted by Gasteiger charge is 2.08. The van der Waals surface area contributed by atoms with E-state index in [-0.39, 0.29) is 12.6 Å². The van der Waals surface area contributed by atoms with Crippen molar-refractivity contribution in [3.63, 3.8) is 0 Å². The molecule has 0 bridgehead atoms. The molecule has 0 radical (unpaired) electrons. The number of ether oxygens (including phenoxy) is 1. The molecule has 1 atom stereocenters. The zero-order valence-corrected chi connectivity index (χ0v) is 9.18. The summed E-state index contributed by atoms with van der Waals surface area (Å²) in [5, 5.41) is 20.7. The topological polar surface area (TPSA) is 78.2 Å². The molecule has 0 saturated heterocycles. The van der Waals surface area contributed by atoms with Crippen LogP contribution in [0.2, 0.25) is 0 Å². The average Bonchev–Trinajstić information content (AvgIpc) is 2.30. The third-order valence-electron chi connectivity index (χ3n) is 2.09. The lowest BCUT2D eigenvalue weighted by atomic mass is 10.2. The molecular formula is C11H15N3O2. The Morgan fingerprint density at radius 2 is 2.50 bits per heavy atom. The number of rotatable bonds is 6. The van der Waals surface area contributed by atoms with Gasteiger partial charge in [0.1, 0.15) is 5.82 Å². The number of hydrogen-bond donors (Lipinski definition) is 2. The van der Waals surface area contributed by atoms with E-state index in [4.69, 9.17) is 15.1 Å². The van der Waals surface area contributed by atoms with Gasteiger partial charge in [-0.05, 0) is 18.6 Å². The molecule has 86 valence electrons. The second-order valence-electron chi connectivity index (χ2n) is 3.35. The van der Waals surface area contributed by atoms with Crippen LogP contribution in [-0.4, -0.2) is 36.5 Å². The molecule has 0 amide bonds. The zero-order chi connectivity index (χ0) is 11.8. The highest BCUT2D eigenvalue weighted by Crippen LogP contribution is 2.08. The summed E-state index contributed by atoms with van der Waals surface area (Å²) in [5.41, 5.74) is 0.553. The van der Waals surface area contributed by atoms with E-state index in [1.54, 1.807) is 25.4 Å². The van der Waals surface area contributed by atoms with E-state index in [1.807, 2.05) is 6.07 Å². The Bertz CT molecular complexity index is 356. The second-order valence-corrected chi connectivity index (χ2v) is 3.35. The van der Waals surface area contributed by atoms with E-state index >= 15 is 0 Å². The number of aliphatic hydroxyl groups excluding tert-OH is 1. The summed E-state index contributed by atoms with van der Waals surface area (Å²) < 4.78 is 5.02. The molecule has 0 aliphatic rings. The Labute approximate surface area is 94.7 Å². The molecule has 0 spiro atoms. The Balaban J connectivity index is 2.65. The second kappa shape index (κ2) is 6.77. The molecular weight excluding hydrogens is 206 g/mol. The molecule has 5 heteroatoms. The number of nitriles is 1. The first-order valence-electron chi connectivity index (χ1n) is 5.02. The lowest BCUT2D eigenvalue weighted by molar-refractivity contribution is 0.170. The fourth-order valence-corrected chi connectivity index (χ4v) is 1.34. The number of aromatic nitrogens is 1. The summed E-state index contributed by atoms with van der Waals surface area (Å²) in [7, 11) is 1.60. The number of anilines is 1.